The molecule has 3 N–H and O–H groups in total. The molecule has 6 atom stereocenters. The van der Waals surface area contributed by atoms with Crippen LogP contribution in [0.25, 0.3) is 0 Å². The summed E-state index contributed by atoms with van der Waals surface area (Å²) >= 11 is 0. The normalized spacial score (nSPS) is 14.3. The molecule has 0 aromatic carbocycles. The van der Waals surface area contributed by atoms with Crippen molar-refractivity contribution < 1.29 is 80.2 Å². The third-order valence-electron chi connectivity index (χ3n) is 18.3. The summed E-state index contributed by atoms with van der Waals surface area (Å²) in [7, 11) is -9.91. The summed E-state index contributed by atoms with van der Waals surface area (Å²) in [6.45, 7) is 9.54. The first-order chi connectivity index (χ1) is 46.4. The molecular formula is C77H150O17P2. The second-order valence-electron chi connectivity index (χ2n) is 28.5. The van der Waals surface area contributed by atoms with Gasteiger partial charge in [0.05, 0.1) is 26.4 Å². The molecule has 0 heterocycles. The Labute approximate surface area is 588 Å². The van der Waals surface area contributed by atoms with Crippen LogP contribution in [-0.2, 0) is 65.4 Å². The summed E-state index contributed by atoms with van der Waals surface area (Å²) in [5, 5.41) is 10.6. The Balaban J connectivity index is 5.18. The van der Waals surface area contributed by atoms with Gasteiger partial charge in [0.15, 0.2) is 12.2 Å². The molecule has 0 radical (unpaired) electrons. The van der Waals surface area contributed by atoms with Gasteiger partial charge in [-0.1, -0.05) is 350 Å². The number of carbonyl (C=O) groups excluding carboxylic acids is 4. The summed E-state index contributed by atoms with van der Waals surface area (Å²) in [5.41, 5.74) is 0. The van der Waals surface area contributed by atoms with Gasteiger partial charge in [0.1, 0.15) is 19.3 Å². The average molecular weight is 1410 g/mol. The topological polar surface area (TPSA) is 237 Å². The van der Waals surface area contributed by atoms with Crippen LogP contribution >= 0.6 is 15.6 Å². The lowest BCUT2D eigenvalue weighted by Crippen LogP contribution is -2.30. The molecule has 0 aromatic rings. The molecule has 3 unspecified atom stereocenters. The van der Waals surface area contributed by atoms with Crippen LogP contribution in [0.2, 0.25) is 0 Å². The second kappa shape index (κ2) is 68.8. The first-order valence-corrected chi connectivity index (χ1v) is 43.0. The van der Waals surface area contributed by atoms with Crippen molar-refractivity contribution in [1.29, 1.82) is 0 Å². The number of unbranched alkanes of at least 4 members (excludes halogenated alkanes) is 45. The standard InChI is InChI=1S/C77H150O17P2/c1-7-10-12-14-16-18-20-21-22-23-24-25-26-27-28-29-30-33-38-42-49-55-61-76(81)93-72(65-87-75(80)60-54-48-41-37-34-31-32-35-39-45-51-57-69(4)5)67-91-95(83,84)89-63-71(78)64-90-96(85,86)92-68-73(94-77(82)62-56-50-44-43-46-52-58-70(6)9-3)66-88-74(79)59-53-47-40-36-19-17-15-13-11-8-2/h69-73,78H,7-68H2,1-6H3,(H,83,84)(H,85,86)/t70?,71-,72-,73-/m1/s1. The molecule has 0 saturated carbocycles. The number of esters is 4. The largest absolute Gasteiger partial charge is 0.472 e. The average Bonchev–Trinajstić information content (AvgIpc) is 1.10. The highest BCUT2D eigenvalue weighted by molar-refractivity contribution is 7.47. The zero-order valence-corrected chi connectivity index (χ0v) is 64.5. The fourth-order valence-electron chi connectivity index (χ4n) is 11.8. The molecule has 0 aliphatic heterocycles. The van der Waals surface area contributed by atoms with Gasteiger partial charge >= 0.3 is 39.5 Å². The van der Waals surface area contributed by atoms with Crippen LogP contribution in [0.1, 0.15) is 401 Å². The summed E-state index contributed by atoms with van der Waals surface area (Å²) in [6, 6.07) is 0. The number of hydrogen-bond acceptors (Lipinski definition) is 15. The Bertz CT molecular complexity index is 1860. The van der Waals surface area contributed by atoms with Gasteiger partial charge in [-0.15, -0.1) is 0 Å². The van der Waals surface area contributed by atoms with E-state index in [4.69, 9.17) is 37.0 Å². The zero-order chi connectivity index (χ0) is 70.7. The third kappa shape index (κ3) is 69.2. The molecule has 0 saturated heterocycles. The molecule has 0 amide bonds. The summed E-state index contributed by atoms with van der Waals surface area (Å²) < 4.78 is 68.5. The lowest BCUT2D eigenvalue weighted by atomic mass is 10.00. The van der Waals surface area contributed by atoms with Crippen LogP contribution in [0.15, 0.2) is 0 Å². The van der Waals surface area contributed by atoms with E-state index < -0.39 is 97.5 Å². The quantitative estimate of drug-likeness (QED) is 0.0222. The maximum Gasteiger partial charge on any atom is 0.472 e. The highest BCUT2D eigenvalue weighted by Crippen LogP contribution is 2.45. The number of phosphoric acid groups is 2. The molecule has 96 heavy (non-hydrogen) atoms. The van der Waals surface area contributed by atoms with Crippen molar-refractivity contribution >= 4 is 39.5 Å². The first-order valence-electron chi connectivity index (χ1n) is 40.0. The molecule has 570 valence electrons. The molecule has 0 aromatic heterocycles. The molecule has 0 bridgehead atoms. The minimum absolute atomic E-state index is 0.103. The minimum Gasteiger partial charge on any atom is -0.462 e. The molecule has 0 rings (SSSR count). The van der Waals surface area contributed by atoms with E-state index in [2.05, 4.69) is 41.5 Å². The van der Waals surface area contributed by atoms with E-state index in [9.17, 15) is 43.2 Å². The maximum atomic E-state index is 13.1. The van der Waals surface area contributed by atoms with Crippen molar-refractivity contribution in [3.05, 3.63) is 0 Å². The number of ether oxygens (including phenoxy) is 4. The molecule has 17 nitrogen and oxygen atoms in total. The molecule has 0 fully saturated rings. The lowest BCUT2D eigenvalue weighted by molar-refractivity contribution is -0.161. The Morgan fingerprint density at radius 3 is 0.792 bits per heavy atom. The van der Waals surface area contributed by atoms with E-state index in [1.165, 1.54) is 218 Å². The highest BCUT2D eigenvalue weighted by atomic mass is 31.2. The van der Waals surface area contributed by atoms with Crippen molar-refractivity contribution in [2.45, 2.75) is 419 Å². The number of rotatable bonds is 76. The van der Waals surface area contributed by atoms with E-state index in [1.807, 2.05) is 0 Å². The van der Waals surface area contributed by atoms with Gasteiger partial charge in [0, 0.05) is 25.7 Å². The monoisotopic (exact) mass is 1410 g/mol. The van der Waals surface area contributed by atoms with Crippen LogP contribution in [0.5, 0.6) is 0 Å². The molecule has 0 aliphatic carbocycles. The van der Waals surface area contributed by atoms with Crippen LogP contribution in [-0.4, -0.2) is 96.7 Å². The number of hydrogen-bond donors (Lipinski definition) is 3. The molecule has 0 spiro atoms. The molecule has 19 heteroatoms. The fourth-order valence-corrected chi connectivity index (χ4v) is 13.4. The fraction of sp³-hybridized carbons (Fsp3) is 0.948. The number of aliphatic hydroxyl groups is 1. The number of aliphatic hydroxyl groups excluding tert-OH is 1. The zero-order valence-electron chi connectivity index (χ0n) is 62.7. The van der Waals surface area contributed by atoms with Crippen molar-refractivity contribution in [1.82, 2.24) is 0 Å². The maximum absolute atomic E-state index is 13.1. The number of phosphoric ester groups is 2. The summed E-state index contributed by atoms with van der Waals surface area (Å²) in [4.78, 5) is 72.8. The second-order valence-corrected chi connectivity index (χ2v) is 31.4. The van der Waals surface area contributed by atoms with E-state index >= 15 is 0 Å². The van der Waals surface area contributed by atoms with E-state index in [1.54, 1.807) is 0 Å². The SMILES string of the molecule is CCCCCCCCCCCCCCCCCCCCCCCCC(=O)O[C@H](COC(=O)CCCCCCCCCCCCCC(C)C)COP(=O)(O)OC[C@@H](O)COP(=O)(O)OC[C@@H](COC(=O)CCCCCCCCCCCC)OC(=O)CCCCCCCCC(C)CC. The predicted octanol–water partition coefficient (Wildman–Crippen LogP) is 22.7. The van der Waals surface area contributed by atoms with E-state index in [-0.39, 0.29) is 25.7 Å². The Hall–Kier alpha value is -1.94. The number of carbonyl (C=O) groups is 4. The van der Waals surface area contributed by atoms with Crippen molar-refractivity contribution in [2.24, 2.45) is 11.8 Å². The Kier molecular flexibility index (Phi) is 67.4. The molecule has 0 aliphatic rings. The first kappa shape index (κ1) is 94.1. The van der Waals surface area contributed by atoms with Crippen LogP contribution in [0, 0.1) is 11.8 Å². The van der Waals surface area contributed by atoms with Crippen molar-refractivity contribution in [2.75, 3.05) is 39.6 Å². The van der Waals surface area contributed by atoms with Gasteiger partial charge in [-0.25, -0.2) is 9.13 Å². The van der Waals surface area contributed by atoms with Gasteiger partial charge < -0.3 is 33.8 Å². The van der Waals surface area contributed by atoms with Crippen LogP contribution < -0.4 is 0 Å². The Morgan fingerprint density at radius 1 is 0.302 bits per heavy atom. The third-order valence-corrected chi connectivity index (χ3v) is 20.2. The van der Waals surface area contributed by atoms with Crippen LogP contribution in [0.3, 0.4) is 0 Å². The van der Waals surface area contributed by atoms with E-state index in [0.717, 1.165) is 102 Å². The summed E-state index contributed by atoms with van der Waals surface area (Å²) in [5.74, 6) is -0.628. The van der Waals surface area contributed by atoms with Gasteiger partial charge in [-0.2, -0.15) is 0 Å². The minimum atomic E-state index is -4.96. The van der Waals surface area contributed by atoms with Gasteiger partial charge in [-0.3, -0.25) is 37.3 Å². The van der Waals surface area contributed by atoms with Gasteiger partial charge in [0.25, 0.3) is 0 Å². The summed E-state index contributed by atoms with van der Waals surface area (Å²) in [6.07, 6.45) is 57.1. The van der Waals surface area contributed by atoms with Crippen molar-refractivity contribution in [3.63, 3.8) is 0 Å². The molecular weight excluding hydrogens is 1260 g/mol. The Morgan fingerprint density at radius 2 is 0.531 bits per heavy atom. The lowest BCUT2D eigenvalue weighted by Gasteiger charge is -2.21. The smallest absolute Gasteiger partial charge is 0.462 e. The van der Waals surface area contributed by atoms with Crippen molar-refractivity contribution in [3.8, 4) is 0 Å². The van der Waals surface area contributed by atoms with Crippen LogP contribution in [0.4, 0.5) is 0 Å². The van der Waals surface area contributed by atoms with Gasteiger partial charge in [0.2, 0.25) is 0 Å². The highest BCUT2D eigenvalue weighted by Gasteiger charge is 2.30. The predicted molar refractivity (Wildman–Crippen MR) is 391 cm³/mol. The van der Waals surface area contributed by atoms with E-state index in [0.29, 0.717) is 25.7 Å². The van der Waals surface area contributed by atoms with Gasteiger partial charge in [-0.05, 0) is 37.5 Å².